The summed E-state index contributed by atoms with van der Waals surface area (Å²) in [6.45, 7) is 4.95. The average Bonchev–Trinajstić information content (AvgIpc) is 2.68. The molecule has 0 bridgehead atoms. The molecule has 1 N–H and O–H groups in total. The fraction of sp³-hybridized carbons (Fsp3) is 0.350. The first kappa shape index (κ1) is 18.2. The number of carbonyl (C=O) groups excluding carboxylic acids is 1. The third kappa shape index (κ3) is 4.73. The Balaban J connectivity index is 1.51. The van der Waals surface area contributed by atoms with Crippen LogP contribution < -0.4 is 15.0 Å². The van der Waals surface area contributed by atoms with E-state index in [0.717, 1.165) is 37.6 Å². The van der Waals surface area contributed by atoms with E-state index in [2.05, 4.69) is 22.3 Å². The summed E-state index contributed by atoms with van der Waals surface area (Å²) in [4.78, 5) is 14.3. The number of benzene rings is 2. The normalized spacial score (nSPS) is 15.4. The fourth-order valence-corrected chi connectivity index (χ4v) is 2.87. The highest BCUT2D eigenvalue weighted by Gasteiger charge is 2.14. The molecule has 1 saturated heterocycles. The quantitative estimate of drug-likeness (QED) is 0.863. The number of halogens is 1. The number of para-hydroxylation sites is 1. The van der Waals surface area contributed by atoms with Gasteiger partial charge in [-0.1, -0.05) is 24.3 Å². The van der Waals surface area contributed by atoms with Crippen LogP contribution in [0.2, 0.25) is 0 Å². The van der Waals surface area contributed by atoms with Crippen LogP contribution in [0.4, 0.5) is 10.1 Å². The van der Waals surface area contributed by atoms with Crippen molar-refractivity contribution in [2.24, 2.45) is 0 Å². The van der Waals surface area contributed by atoms with E-state index in [-0.39, 0.29) is 24.3 Å². The van der Waals surface area contributed by atoms with Gasteiger partial charge in [-0.15, -0.1) is 0 Å². The molecule has 6 heteroatoms. The lowest BCUT2D eigenvalue weighted by Crippen LogP contribution is -2.36. The third-order valence-corrected chi connectivity index (χ3v) is 4.34. The van der Waals surface area contributed by atoms with Crippen LogP contribution in [0.25, 0.3) is 0 Å². The van der Waals surface area contributed by atoms with Gasteiger partial charge in [0.05, 0.1) is 19.3 Å². The number of rotatable bonds is 6. The van der Waals surface area contributed by atoms with Crippen LogP contribution >= 0.6 is 0 Å². The maximum absolute atomic E-state index is 13.5. The Hall–Kier alpha value is -2.60. The minimum absolute atomic E-state index is 0.0742. The first-order chi connectivity index (χ1) is 12.6. The van der Waals surface area contributed by atoms with Gasteiger partial charge < -0.3 is 19.7 Å². The summed E-state index contributed by atoms with van der Waals surface area (Å²) in [5.41, 5.74) is 2.15. The fourth-order valence-electron chi connectivity index (χ4n) is 2.87. The van der Waals surface area contributed by atoms with E-state index in [1.807, 2.05) is 19.1 Å². The van der Waals surface area contributed by atoms with Crippen molar-refractivity contribution in [1.29, 1.82) is 0 Å². The predicted octanol–water partition coefficient (Wildman–Crippen LogP) is 2.92. The Kier molecular flexibility index (Phi) is 6.07. The maximum Gasteiger partial charge on any atom is 0.258 e. The Morgan fingerprint density at radius 2 is 1.88 bits per heavy atom. The van der Waals surface area contributed by atoms with Crippen molar-refractivity contribution in [3.05, 3.63) is 59.9 Å². The molecule has 0 aromatic heterocycles. The molecule has 0 spiro atoms. The van der Waals surface area contributed by atoms with Crippen LogP contribution in [0.5, 0.6) is 5.75 Å². The molecule has 1 unspecified atom stereocenters. The van der Waals surface area contributed by atoms with Gasteiger partial charge in [-0.2, -0.15) is 0 Å². The molecule has 1 aliphatic rings. The van der Waals surface area contributed by atoms with Crippen LogP contribution in [0, 0.1) is 5.82 Å². The number of amides is 1. The third-order valence-electron chi connectivity index (χ3n) is 4.34. The minimum Gasteiger partial charge on any atom is -0.481 e. The minimum atomic E-state index is -0.480. The molecule has 5 nitrogen and oxygen atoms in total. The standard InChI is InChI=1S/C20H23FN2O3/c1-15(22-20(24)14-26-19-5-3-2-4-18(19)21)16-6-8-17(9-7-16)23-10-12-25-13-11-23/h2-9,15H,10-14H2,1H3,(H,22,24). The van der Waals surface area contributed by atoms with Crippen molar-refractivity contribution in [2.45, 2.75) is 13.0 Å². The maximum atomic E-state index is 13.5. The molecule has 2 aromatic rings. The molecule has 1 heterocycles. The number of carbonyl (C=O) groups is 1. The average molecular weight is 358 g/mol. The second kappa shape index (κ2) is 8.67. The van der Waals surface area contributed by atoms with Crippen LogP contribution in [0.3, 0.4) is 0 Å². The molecule has 0 aliphatic carbocycles. The highest BCUT2D eigenvalue weighted by molar-refractivity contribution is 5.78. The molecule has 0 radical (unpaired) electrons. The number of nitrogens with zero attached hydrogens (tertiary/aromatic N) is 1. The molecule has 2 aromatic carbocycles. The number of hydrogen-bond acceptors (Lipinski definition) is 4. The van der Waals surface area contributed by atoms with Crippen molar-refractivity contribution < 1.29 is 18.7 Å². The molecule has 1 amide bonds. The Labute approximate surface area is 152 Å². The molecule has 1 aliphatic heterocycles. The highest BCUT2D eigenvalue weighted by Crippen LogP contribution is 2.20. The van der Waals surface area contributed by atoms with E-state index < -0.39 is 5.82 Å². The van der Waals surface area contributed by atoms with E-state index in [9.17, 15) is 9.18 Å². The van der Waals surface area contributed by atoms with E-state index in [1.165, 1.54) is 12.1 Å². The van der Waals surface area contributed by atoms with Crippen LogP contribution in [-0.2, 0) is 9.53 Å². The van der Waals surface area contributed by atoms with Crippen molar-refractivity contribution >= 4 is 11.6 Å². The van der Waals surface area contributed by atoms with Gasteiger partial charge in [-0.25, -0.2) is 4.39 Å². The molecule has 26 heavy (non-hydrogen) atoms. The Morgan fingerprint density at radius 1 is 1.19 bits per heavy atom. The summed E-state index contributed by atoms with van der Waals surface area (Å²) in [5, 5.41) is 2.86. The number of anilines is 1. The van der Waals surface area contributed by atoms with Gasteiger partial charge >= 0.3 is 0 Å². The zero-order valence-corrected chi connectivity index (χ0v) is 14.8. The van der Waals surface area contributed by atoms with Crippen LogP contribution in [0.1, 0.15) is 18.5 Å². The first-order valence-corrected chi connectivity index (χ1v) is 8.73. The van der Waals surface area contributed by atoms with Gasteiger partial charge in [0, 0.05) is 18.8 Å². The number of morpholine rings is 1. The summed E-state index contributed by atoms with van der Waals surface area (Å²) in [7, 11) is 0. The van der Waals surface area contributed by atoms with Crippen molar-refractivity contribution in [2.75, 3.05) is 37.8 Å². The van der Waals surface area contributed by atoms with Crippen molar-refractivity contribution in [3.63, 3.8) is 0 Å². The Bertz CT molecular complexity index is 730. The lowest BCUT2D eigenvalue weighted by molar-refractivity contribution is -0.123. The second-order valence-electron chi connectivity index (χ2n) is 6.20. The number of ether oxygens (including phenoxy) is 2. The van der Waals surface area contributed by atoms with E-state index in [4.69, 9.17) is 9.47 Å². The molecule has 1 atom stereocenters. The van der Waals surface area contributed by atoms with Crippen molar-refractivity contribution in [1.82, 2.24) is 5.32 Å². The molecule has 0 saturated carbocycles. The summed E-state index contributed by atoms with van der Waals surface area (Å²) < 4.78 is 24.1. The largest absolute Gasteiger partial charge is 0.481 e. The molecule has 138 valence electrons. The van der Waals surface area contributed by atoms with Crippen LogP contribution in [0.15, 0.2) is 48.5 Å². The zero-order chi connectivity index (χ0) is 18.4. The first-order valence-electron chi connectivity index (χ1n) is 8.73. The smallest absolute Gasteiger partial charge is 0.258 e. The van der Waals surface area contributed by atoms with Crippen LogP contribution in [-0.4, -0.2) is 38.8 Å². The van der Waals surface area contributed by atoms with Gasteiger partial charge in [-0.05, 0) is 36.8 Å². The second-order valence-corrected chi connectivity index (χ2v) is 6.20. The lowest BCUT2D eigenvalue weighted by atomic mass is 10.1. The molecular formula is C20H23FN2O3. The zero-order valence-electron chi connectivity index (χ0n) is 14.8. The van der Waals surface area contributed by atoms with E-state index >= 15 is 0 Å². The highest BCUT2D eigenvalue weighted by atomic mass is 19.1. The lowest BCUT2D eigenvalue weighted by Gasteiger charge is -2.29. The summed E-state index contributed by atoms with van der Waals surface area (Å²) in [6.07, 6.45) is 0. The van der Waals surface area contributed by atoms with Gasteiger partial charge in [0.25, 0.3) is 5.91 Å². The number of hydrogen-bond donors (Lipinski definition) is 1. The SMILES string of the molecule is CC(NC(=O)COc1ccccc1F)c1ccc(N2CCOCC2)cc1. The van der Waals surface area contributed by atoms with Gasteiger partial charge in [-0.3, -0.25) is 4.79 Å². The van der Waals surface area contributed by atoms with Gasteiger partial charge in [0.2, 0.25) is 0 Å². The predicted molar refractivity (Wildman–Crippen MR) is 97.9 cm³/mol. The van der Waals surface area contributed by atoms with E-state index in [1.54, 1.807) is 12.1 Å². The van der Waals surface area contributed by atoms with Gasteiger partial charge in [0.1, 0.15) is 0 Å². The van der Waals surface area contributed by atoms with E-state index in [0.29, 0.717) is 0 Å². The van der Waals surface area contributed by atoms with Crippen molar-refractivity contribution in [3.8, 4) is 5.75 Å². The summed E-state index contributed by atoms with van der Waals surface area (Å²) >= 11 is 0. The topological polar surface area (TPSA) is 50.8 Å². The molecule has 1 fully saturated rings. The molecular weight excluding hydrogens is 335 g/mol. The Morgan fingerprint density at radius 3 is 2.58 bits per heavy atom. The summed E-state index contributed by atoms with van der Waals surface area (Å²) in [5.74, 6) is -0.699. The number of nitrogens with one attached hydrogen (secondary N) is 1. The van der Waals surface area contributed by atoms with Gasteiger partial charge in [0.15, 0.2) is 18.2 Å². The monoisotopic (exact) mass is 358 g/mol. The molecule has 3 rings (SSSR count). The summed E-state index contributed by atoms with van der Waals surface area (Å²) in [6, 6.07) is 14.0.